The normalized spacial score (nSPS) is 14.4. The summed E-state index contributed by atoms with van der Waals surface area (Å²) in [4.78, 5) is 16.0. The molecule has 0 spiro atoms. The largest absolute Gasteiger partial charge is 0.475 e. The zero-order valence-electron chi connectivity index (χ0n) is 14.1. The van der Waals surface area contributed by atoms with E-state index in [0.29, 0.717) is 35.7 Å². The third kappa shape index (κ3) is 5.70. The Labute approximate surface area is 151 Å². The van der Waals surface area contributed by atoms with Crippen molar-refractivity contribution in [2.24, 2.45) is 0 Å². The van der Waals surface area contributed by atoms with Crippen LogP contribution in [0.1, 0.15) is 25.7 Å². The number of carbonyl (C=O) groups is 1. The number of hydrogen-bond acceptors (Lipinski definition) is 6. The van der Waals surface area contributed by atoms with E-state index >= 15 is 0 Å². The third-order valence-electron chi connectivity index (χ3n) is 3.99. The van der Waals surface area contributed by atoms with Crippen LogP contribution in [-0.2, 0) is 4.79 Å². The first-order valence-corrected chi connectivity index (χ1v) is 9.62. The van der Waals surface area contributed by atoms with Crippen LogP contribution < -0.4 is 10.1 Å². The van der Waals surface area contributed by atoms with Gasteiger partial charge in [0, 0.05) is 17.5 Å². The summed E-state index contributed by atoms with van der Waals surface area (Å²) in [5.41, 5.74) is 1.47. The second-order valence-electron chi connectivity index (χ2n) is 5.89. The van der Waals surface area contributed by atoms with Crippen LogP contribution in [0.4, 0.5) is 0 Å². The Morgan fingerprint density at radius 2 is 2.04 bits per heavy atom. The highest BCUT2D eigenvalue weighted by atomic mass is 32.2. The molecule has 6 nitrogen and oxygen atoms in total. The molecule has 0 radical (unpaired) electrons. The first-order valence-electron chi connectivity index (χ1n) is 8.57. The summed E-state index contributed by atoms with van der Waals surface area (Å²) in [6, 6.07) is 9.22. The zero-order chi connectivity index (χ0) is 17.3. The predicted octanol–water partition coefficient (Wildman–Crippen LogP) is 2.71. The summed E-state index contributed by atoms with van der Waals surface area (Å²) < 4.78 is 5.51. The molecule has 2 aromatic heterocycles. The number of nitrogens with zero attached hydrogens (tertiary/aromatic N) is 3. The highest BCUT2D eigenvalue weighted by Crippen LogP contribution is 2.28. The van der Waals surface area contributed by atoms with Gasteiger partial charge in [-0.3, -0.25) is 9.78 Å². The third-order valence-corrected chi connectivity index (χ3v) is 5.37. The lowest BCUT2D eigenvalue weighted by atomic mass is 10.2. The van der Waals surface area contributed by atoms with E-state index in [9.17, 15) is 4.79 Å². The van der Waals surface area contributed by atoms with Crippen molar-refractivity contribution in [3.05, 3.63) is 36.5 Å². The number of thioether (sulfide) groups is 1. The molecule has 3 rings (SSSR count). The molecule has 25 heavy (non-hydrogen) atoms. The van der Waals surface area contributed by atoms with E-state index in [0.717, 1.165) is 5.69 Å². The molecule has 2 aromatic rings. The van der Waals surface area contributed by atoms with Gasteiger partial charge in [0.1, 0.15) is 12.3 Å². The van der Waals surface area contributed by atoms with E-state index < -0.39 is 0 Å². The Hall–Kier alpha value is -2.15. The van der Waals surface area contributed by atoms with Gasteiger partial charge in [-0.2, -0.15) is 0 Å². The lowest BCUT2D eigenvalue weighted by Crippen LogP contribution is -2.30. The zero-order valence-corrected chi connectivity index (χ0v) is 14.9. The average molecular weight is 358 g/mol. The van der Waals surface area contributed by atoms with E-state index in [1.165, 1.54) is 25.7 Å². The fourth-order valence-corrected chi connectivity index (χ4v) is 3.85. The monoisotopic (exact) mass is 358 g/mol. The fraction of sp³-hybridized carbons (Fsp3) is 0.444. The van der Waals surface area contributed by atoms with Crippen LogP contribution in [0.25, 0.3) is 11.4 Å². The lowest BCUT2D eigenvalue weighted by molar-refractivity contribution is -0.118. The first kappa shape index (κ1) is 17.7. The number of pyridine rings is 1. The molecular formula is C18H22N4O2S. The molecule has 1 saturated carbocycles. The van der Waals surface area contributed by atoms with Gasteiger partial charge in [0.25, 0.3) is 0 Å². The van der Waals surface area contributed by atoms with Gasteiger partial charge in [-0.05, 0) is 31.0 Å². The molecule has 2 heterocycles. The minimum atomic E-state index is 0.0667. The maximum absolute atomic E-state index is 11.8. The molecule has 1 N–H and O–H groups in total. The highest BCUT2D eigenvalue weighted by Gasteiger charge is 2.16. The van der Waals surface area contributed by atoms with Crippen LogP contribution in [0.15, 0.2) is 36.5 Å². The van der Waals surface area contributed by atoms with Crippen molar-refractivity contribution < 1.29 is 9.53 Å². The summed E-state index contributed by atoms with van der Waals surface area (Å²) in [6.45, 7) is 0.838. The van der Waals surface area contributed by atoms with Gasteiger partial charge < -0.3 is 10.1 Å². The summed E-state index contributed by atoms with van der Waals surface area (Å²) >= 11 is 1.76. The van der Waals surface area contributed by atoms with Gasteiger partial charge in [0.05, 0.1) is 18.0 Å². The molecule has 1 fully saturated rings. The van der Waals surface area contributed by atoms with Crippen molar-refractivity contribution in [3.8, 4) is 17.3 Å². The standard InChI is InChI=1S/C18H22N4O2S/c23-17(13-25-14-5-1-2-6-14)20-11-12-24-18-9-8-16(21-22-18)15-7-3-4-10-19-15/h3-4,7-10,14H,1-2,5-6,11-13H2,(H,20,23). The maximum Gasteiger partial charge on any atom is 0.233 e. The number of rotatable bonds is 8. The molecule has 1 amide bonds. The summed E-state index contributed by atoms with van der Waals surface area (Å²) in [6.07, 6.45) is 6.80. The van der Waals surface area contributed by atoms with Gasteiger partial charge >= 0.3 is 0 Å². The highest BCUT2D eigenvalue weighted by molar-refractivity contribution is 8.00. The number of nitrogens with one attached hydrogen (secondary N) is 1. The molecule has 0 aromatic carbocycles. The second-order valence-corrected chi connectivity index (χ2v) is 7.18. The van der Waals surface area contributed by atoms with E-state index in [2.05, 4.69) is 20.5 Å². The Morgan fingerprint density at radius 3 is 2.76 bits per heavy atom. The van der Waals surface area contributed by atoms with E-state index in [4.69, 9.17) is 4.74 Å². The molecule has 0 bridgehead atoms. The number of amides is 1. The van der Waals surface area contributed by atoms with Crippen LogP contribution >= 0.6 is 11.8 Å². The molecule has 0 atom stereocenters. The van der Waals surface area contributed by atoms with Crippen molar-refractivity contribution in [1.29, 1.82) is 0 Å². The first-order chi connectivity index (χ1) is 12.3. The number of ether oxygens (including phenoxy) is 1. The lowest BCUT2D eigenvalue weighted by Gasteiger charge is -2.09. The fourth-order valence-electron chi connectivity index (χ4n) is 2.69. The van der Waals surface area contributed by atoms with Crippen molar-refractivity contribution in [3.63, 3.8) is 0 Å². The minimum Gasteiger partial charge on any atom is -0.475 e. The van der Waals surface area contributed by atoms with Crippen LogP contribution in [-0.4, -0.2) is 45.2 Å². The summed E-state index contributed by atoms with van der Waals surface area (Å²) in [5.74, 6) is 1.04. The van der Waals surface area contributed by atoms with Gasteiger partial charge in [0.2, 0.25) is 11.8 Å². The predicted molar refractivity (Wildman–Crippen MR) is 98.5 cm³/mol. The topological polar surface area (TPSA) is 77.0 Å². The number of aromatic nitrogens is 3. The second kappa shape index (κ2) is 9.36. The number of carbonyl (C=O) groups excluding carboxylic acids is 1. The molecule has 1 aliphatic carbocycles. The van der Waals surface area contributed by atoms with Crippen molar-refractivity contribution in [2.75, 3.05) is 18.9 Å². The molecule has 0 saturated heterocycles. The van der Waals surface area contributed by atoms with Crippen molar-refractivity contribution >= 4 is 17.7 Å². The van der Waals surface area contributed by atoms with Gasteiger partial charge in [-0.25, -0.2) is 0 Å². The van der Waals surface area contributed by atoms with Crippen LogP contribution in [0.2, 0.25) is 0 Å². The van der Waals surface area contributed by atoms with Crippen LogP contribution in [0.5, 0.6) is 5.88 Å². The van der Waals surface area contributed by atoms with Gasteiger partial charge in [0.15, 0.2) is 0 Å². The van der Waals surface area contributed by atoms with Crippen molar-refractivity contribution in [2.45, 2.75) is 30.9 Å². The SMILES string of the molecule is O=C(CSC1CCCC1)NCCOc1ccc(-c2ccccn2)nn1. The summed E-state index contributed by atoms with van der Waals surface area (Å²) in [7, 11) is 0. The van der Waals surface area contributed by atoms with E-state index in [1.807, 2.05) is 24.3 Å². The Kier molecular flexibility index (Phi) is 6.62. The molecule has 7 heteroatoms. The van der Waals surface area contributed by atoms with E-state index in [1.54, 1.807) is 24.0 Å². The summed E-state index contributed by atoms with van der Waals surface area (Å²) in [5, 5.41) is 11.7. The van der Waals surface area contributed by atoms with Gasteiger partial charge in [-0.15, -0.1) is 22.0 Å². The van der Waals surface area contributed by atoms with Crippen molar-refractivity contribution in [1.82, 2.24) is 20.5 Å². The Morgan fingerprint density at radius 1 is 1.16 bits per heavy atom. The van der Waals surface area contributed by atoms with E-state index in [-0.39, 0.29) is 5.91 Å². The smallest absolute Gasteiger partial charge is 0.233 e. The number of hydrogen-bond donors (Lipinski definition) is 1. The Bertz CT molecular complexity index is 661. The molecule has 1 aliphatic rings. The molecular weight excluding hydrogens is 336 g/mol. The minimum absolute atomic E-state index is 0.0667. The van der Waals surface area contributed by atoms with Crippen LogP contribution in [0.3, 0.4) is 0 Å². The average Bonchev–Trinajstić information content (AvgIpc) is 3.18. The van der Waals surface area contributed by atoms with Crippen LogP contribution in [0, 0.1) is 0 Å². The Balaban J connectivity index is 1.34. The molecule has 0 unspecified atom stereocenters. The quantitative estimate of drug-likeness (QED) is 0.731. The van der Waals surface area contributed by atoms with Gasteiger partial charge in [-0.1, -0.05) is 18.9 Å². The molecule has 0 aliphatic heterocycles. The molecule has 132 valence electrons. The maximum atomic E-state index is 11.8.